The highest BCUT2D eigenvalue weighted by atomic mass is 16.3. The van der Waals surface area contributed by atoms with Gasteiger partial charge in [0.25, 0.3) is 0 Å². The minimum atomic E-state index is -0.649. The molecule has 2 bridgehead atoms. The van der Waals surface area contributed by atoms with Crippen LogP contribution in [0.4, 0.5) is 5.69 Å². The van der Waals surface area contributed by atoms with Gasteiger partial charge in [0.1, 0.15) is 5.75 Å². The number of anilines is 1. The molecule has 8 rings (SSSR count). The molecule has 56 heavy (non-hydrogen) atoms. The van der Waals surface area contributed by atoms with E-state index in [4.69, 9.17) is 11.5 Å². The molecule has 0 spiro atoms. The quantitative estimate of drug-likeness (QED) is 0.148. The Morgan fingerprint density at radius 3 is 2.30 bits per heavy atom. The molecule has 5 fully saturated rings. The standard InChI is InChI=1S/C45H55N7O4/c46-27-35(26-38(47)37-8-4-5-9-41(37)53)51-22-18-45(19-23-51,33-6-2-1-3-7-33)44(56)48-39-24-31-25-40(39)52(29-31)28-30-16-20-50(21-17-30)34-12-10-32(11-13-34)36-14-15-42(54)49-43(36)55/h1-13,26-27,30-31,36,39-40,53H,14-25,28-29,46-47H2,(H,48,56)(H,49,54,55)/b35-27+,38-26-. The molecule has 5 aliphatic rings. The number of phenols is 1. The van der Waals surface area contributed by atoms with Crippen LogP contribution < -0.4 is 27.0 Å². The average molecular weight is 758 g/mol. The summed E-state index contributed by atoms with van der Waals surface area (Å²) in [4.78, 5) is 45.9. The van der Waals surface area contributed by atoms with E-state index in [0.29, 0.717) is 67.9 Å². The van der Waals surface area contributed by atoms with Crippen LogP contribution in [-0.4, -0.2) is 84.0 Å². The van der Waals surface area contributed by atoms with Crippen molar-refractivity contribution >= 4 is 29.1 Å². The van der Waals surface area contributed by atoms with Crippen LogP contribution in [0.25, 0.3) is 5.70 Å². The number of fused-ring (bicyclic) bond motifs is 2. The topological polar surface area (TPSA) is 157 Å². The van der Waals surface area contributed by atoms with Crippen LogP contribution in [0.3, 0.4) is 0 Å². The van der Waals surface area contributed by atoms with Crippen molar-refractivity contribution in [3.05, 3.63) is 114 Å². The molecule has 0 radical (unpaired) electrons. The number of phenolic OH excluding ortho intramolecular Hbond substituents is 1. The van der Waals surface area contributed by atoms with Gasteiger partial charge in [0.05, 0.1) is 17.0 Å². The Hall–Kier alpha value is -5.29. The minimum Gasteiger partial charge on any atom is -0.507 e. The van der Waals surface area contributed by atoms with Crippen molar-refractivity contribution in [3.8, 4) is 5.75 Å². The zero-order chi connectivity index (χ0) is 38.8. The molecule has 294 valence electrons. The molecule has 4 aliphatic heterocycles. The Labute approximate surface area is 329 Å². The number of likely N-dealkylation sites (tertiary alicyclic amines) is 2. The number of nitrogens with zero attached hydrogens (tertiary/aromatic N) is 3. The molecule has 3 aromatic carbocycles. The Balaban J connectivity index is 0.874. The highest BCUT2D eigenvalue weighted by molar-refractivity contribution is 6.01. The van der Waals surface area contributed by atoms with Crippen molar-refractivity contribution in [2.24, 2.45) is 23.3 Å². The number of para-hydroxylation sites is 1. The summed E-state index contributed by atoms with van der Waals surface area (Å²) < 4.78 is 0. The number of nitrogens with two attached hydrogens (primary N) is 2. The maximum absolute atomic E-state index is 14.6. The smallest absolute Gasteiger partial charge is 0.234 e. The third-order valence-electron chi connectivity index (χ3n) is 13.3. The number of hydrogen-bond donors (Lipinski definition) is 5. The van der Waals surface area contributed by atoms with Crippen molar-refractivity contribution in [2.45, 2.75) is 74.8 Å². The fourth-order valence-electron chi connectivity index (χ4n) is 10.2. The Morgan fingerprint density at radius 1 is 0.911 bits per heavy atom. The molecule has 7 N–H and O–H groups in total. The lowest BCUT2D eigenvalue weighted by Crippen LogP contribution is -2.57. The predicted molar refractivity (Wildman–Crippen MR) is 218 cm³/mol. The van der Waals surface area contributed by atoms with Crippen LogP contribution in [-0.2, 0) is 19.8 Å². The lowest BCUT2D eigenvalue weighted by Gasteiger charge is -2.44. The number of benzene rings is 3. The molecular weight excluding hydrogens is 703 g/mol. The Morgan fingerprint density at radius 2 is 1.62 bits per heavy atom. The van der Waals surface area contributed by atoms with E-state index in [0.717, 1.165) is 68.7 Å². The molecule has 3 aromatic rings. The Bertz CT molecular complexity index is 1970. The first-order chi connectivity index (χ1) is 27.2. The van der Waals surface area contributed by atoms with Crippen molar-refractivity contribution in [1.29, 1.82) is 0 Å². The molecule has 1 aliphatic carbocycles. The molecule has 1 saturated carbocycles. The van der Waals surface area contributed by atoms with E-state index in [1.165, 1.54) is 5.69 Å². The first kappa shape index (κ1) is 37.6. The maximum Gasteiger partial charge on any atom is 0.234 e. The van der Waals surface area contributed by atoms with Gasteiger partial charge in [-0.15, -0.1) is 0 Å². The van der Waals surface area contributed by atoms with Crippen molar-refractivity contribution in [2.75, 3.05) is 44.2 Å². The van der Waals surface area contributed by atoms with E-state index in [2.05, 4.69) is 49.6 Å². The third kappa shape index (κ3) is 7.61. The Kier molecular flexibility index (Phi) is 10.8. The molecule has 0 aromatic heterocycles. The molecule has 4 unspecified atom stereocenters. The van der Waals surface area contributed by atoms with Gasteiger partial charge in [0.2, 0.25) is 17.7 Å². The van der Waals surface area contributed by atoms with Crippen molar-refractivity contribution in [3.63, 3.8) is 0 Å². The lowest BCUT2D eigenvalue weighted by atomic mass is 9.71. The van der Waals surface area contributed by atoms with E-state index >= 15 is 0 Å². The fourth-order valence-corrected chi connectivity index (χ4v) is 10.2. The van der Waals surface area contributed by atoms with Crippen molar-refractivity contribution in [1.82, 2.24) is 20.4 Å². The van der Waals surface area contributed by atoms with Gasteiger partial charge in [-0.05, 0) is 98.2 Å². The monoisotopic (exact) mass is 757 g/mol. The number of aromatic hydroxyl groups is 1. The van der Waals surface area contributed by atoms with Crippen LogP contribution in [0.1, 0.15) is 74.0 Å². The molecule has 4 heterocycles. The van der Waals surface area contributed by atoms with Crippen molar-refractivity contribution < 1.29 is 19.5 Å². The molecule has 11 heteroatoms. The van der Waals surface area contributed by atoms with Gasteiger partial charge in [-0.2, -0.15) is 0 Å². The van der Waals surface area contributed by atoms with Gasteiger partial charge in [0.15, 0.2) is 0 Å². The second-order valence-corrected chi connectivity index (χ2v) is 16.6. The number of nitrogens with one attached hydrogen (secondary N) is 2. The molecule has 4 atom stereocenters. The molecular formula is C45H55N7O4. The van der Waals surface area contributed by atoms with Crippen LogP contribution >= 0.6 is 0 Å². The summed E-state index contributed by atoms with van der Waals surface area (Å²) in [6, 6.07) is 26.1. The van der Waals surface area contributed by atoms with E-state index in [9.17, 15) is 19.5 Å². The summed E-state index contributed by atoms with van der Waals surface area (Å²) in [5, 5.41) is 16.4. The van der Waals surface area contributed by atoms with Gasteiger partial charge >= 0.3 is 0 Å². The first-order valence-electron chi connectivity index (χ1n) is 20.4. The summed E-state index contributed by atoms with van der Waals surface area (Å²) >= 11 is 0. The predicted octanol–water partition coefficient (Wildman–Crippen LogP) is 4.54. The fraction of sp³-hybridized carbons (Fsp3) is 0.444. The molecule has 4 saturated heterocycles. The largest absolute Gasteiger partial charge is 0.507 e. The third-order valence-corrected chi connectivity index (χ3v) is 13.3. The summed E-state index contributed by atoms with van der Waals surface area (Å²) in [5.41, 5.74) is 16.9. The van der Waals surface area contributed by atoms with E-state index in [1.54, 1.807) is 30.5 Å². The number of allylic oxidation sites excluding steroid dienone is 1. The lowest BCUT2D eigenvalue weighted by molar-refractivity contribution is -0.134. The minimum absolute atomic E-state index is 0.119. The number of carbonyl (C=O) groups is 3. The van der Waals surface area contributed by atoms with Gasteiger partial charge in [-0.3, -0.25) is 24.6 Å². The number of carbonyl (C=O) groups excluding carboxylic acids is 3. The van der Waals surface area contributed by atoms with Gasteiger partial charge in [-0.25, -0.2) is 0 Å². The van der Waals surface area contributed by atoms with E-state index in [1.807, 2.05) is 36.4 Å². The number of hydrogen-bond acceptors (Lipinski definition) is 9. The zero-order valence-corrected chi connectivity index (χ0v) is 32.1. The van der Waals surface area contributed by atoms with E-state index < -0.39 is 5.41 Å². The van der Waals surface area contributed by atoms with E-state index in [-0.39, 0.29) is 35.4 Å². The SMILES string of the molecule is N/C=C(\C=C(/N)c1ccccc1O)N1CCC(C(=O)NC2CC3CC2N(CC2CCN(c4ccc(C5CCC(=O)NC5=O)cc4)CC2)C3)(c2ccccc2)CC1. The zero-order valence-electron chi connectivity index (χ0n) is 32.1. The number of piperidine rings is 4. The summed E-state index contributed by atoms with van der Waals surface area (Å²) in [5.74, 6) is 0.835. The summed E-state index contributed by atoms with van der Waals surface area (Å²) in [6.45, 7) is 5.46. The van der Waals surface area contributed by atoms with Crippen LogP contribution in [0.15, 0.2) is 96.8 Å². The molecule has 11 nitrogen and oxygen atoms in total. The average Bonchev–Trinajstić information content (AvgIpc) is 3.81. The van der Waals surface area contributed by atoms with Crippen LogP contribution in [0, 0.1) is 11.8 Å². The van der Waals surface area contributed by atoms with Gasteiger partial charge in [-0.1, -0.05) is 54.6 Å². The number of rotatable bonds is 10. The van der Waals surface area contributed by atoms with Gasteiger partial charge < -0.3 is 31.7 Å². The first-order valence-corrected chi connectivity index (χ1v) is 20.4. The maximum atomic E-state index is 14.6. The van der Waals surface area contributed by atoms with Gasteiger partial charge in [0, 0.05) is 80.9 Å². The van der Waals surface area contributed by atoms with Crippen LogP contribution in [0.2, 0.25) is 0 Å². The summed E-state index contributed by atoms with van der Waals surface area (Å²) in [6.07, 6.45) is 10.0. The normalized spacial score (nSPS) is 26.0. The highest BCUT2D eigenvalue weighted by Gasteiger charge is 2.49. The molecule has 3 amide bonds. The second-order valence-electron chi connectivity index (χ2n) is 16.6. The van der Waals surface area contributed by atoms with Crippen LogP contribution in [0.5, 0.6) is 5.75 Å². The summed E-state index contributed by atoms with van der Waals surface area (Å²) in [7, 11) is 0. The number of imide groups is 1. The highest BCUT2D eigenvalue weighted by Crippen LogP contribution is 2.42. The number of amides is 3. The second kappa shape index (κ2) is 16.1.